The van der Waals surface area contributed by atoms with E-state index in [-0.39, 0.29) is 0 Å². The van der Waals surface area contributed by atoms with Crippen LogP contribution in [0.5, 0.6) is 0 Å². The fourth-order valence-corrected chi connectivity index (χ4v) is 9.60. The fourth-order valence-electron chi connectivity index (χ4n) is 6.34. The lowest BCUT2D eigenvalue weighted by Gasteiger charge is -2.33. The molecule has 0 aliphatic carbocycles. The van der Waals surface area contributed by atoms with Gasteiger partial charge in [0.15, 0.2) is 0 Å². The molecule has 0 fully saturated rings. The molecule has 0 unspecified atom stereocenters. The predicted octanol–water partition coefficient (Wildman–Crippen LogP) is 15.6. The van der Waals surface area contributed by atoms with Crippen LogP contribution in [-0.2, 0) is 6.42 Å². The van der Waals surface area contributed by atoms with Crippen molar-refractivity contribution in [3.05, 3.63) is 194 Å². The van der Waals surface area contributed by atoms with E-state index in [0.29, 0.717) is 0 Å². The molecular formula is C45H30Br3NS2. The van der Waals surface area contributed by atoms with Crippen LogP contribution >= 0.6 is 71.3 Å². The molecule has 8 aromatic rings. The third kappa shape index (κ3) is 7.72. The van der Waals surface area contributed by atoms with Crippen LogP contribution in [0.3, 0.4) is 0 Å². The van der Waals surface area contributed by atoms with Gasteiger partial charge in [-0.25, -0.2) is 0 Å². The van der Waals surface area contributed by atoms with Crippen LogP contribution in [0.25, 0.3) is 21.5 Å². The van der Waals surface area contributed by atoms with Crippen molar-refractivity contribution in [2.24, 2.45) is 0 Å². The molecule has 0 spiro atoms. The summed E-state index contributed by atoms with van der Waals surface area (Å²) in [6, 6.07) is 60.2. The average molecular weight is 889 g/mol. The highest BCUT2D eigenvalue weighted by Gasteiger charge is 2.24. The monoisotopic (exact) mass is 885 g/mol. The number of benzene rings is 8. The number of nitrogens with zero attached hydrogens (tertiary/aromatic N) is 1. The molecule has 0 atom stereocenters. The van der Waals surface area contributed by atoms with E-state index in [9.17, 15) is 0 Å². The van der Waals surface area contributed by atoms with Gasteiger partial charge < -0.3 is 4.90 Å². The lowest BCUT2D eigenvalue weighted by molar-refractivity contribution is 1.06. The Balaban J connectivity index is 0.000000121. The Morgan fingerprint density at radius 1 is 0.373 bits per heavy atom. The molecule has 2 heterocycles. The molecule has 0 radical (unpaired) electrons. The lowest BCUT2D eigenvalue weighted by Crippen LogP contribution is -2.14. The lowest BCUT2D eigenvalue weighted by atomic mass is 10.0. The highest BCUT2D eigenvalue weighted by atomic mass is 79.9. The molecule has 2 aliphatic rings. The van der Waals surface area contributed by atoms with Gasteiger partial charge >= 0.3 is 0 Å². The van der Waals surface area contributed by atoms with Gasteiger partial charge in [-0.2, -0.15) is 0 Å². The van der Waals surface area contributed by atoms with E-state index < -0.39 is 0 Å². The van der Waals surface area contributed by atoms with Crippen LogP contribution < -0.4 is 4.90 Å². The number of para-hydroxylation sites is 2. The topological polar surface area (TPSA) is 3.24 Å². The molecule has 6 heteroatoms. The second kappa shape index (κ2) is 15.4. The summed E-state index contributed by atoms with van der Waals surface area (Å²) in [6.45, 7) is 0. The van der Waals surface area contributed by atoms with Crippen molar-refractivity contribution in [2.75, 3.05) is 4.90 Å². The number of rotatable bonds is 1. The molecule has 0 saturated heterocycles. The number of hydrogen-bond acceptors (Lipinski definition) is 3. The highest BCUT2D eigenvalue weighted by Crippen LogP contribution is 2.51. The number of halogens is 3. The van der Waals surface area contributed by atoms with Crippen molar-refractivity contribution >= 4 is 110 Å². The maximum Gasteiger partial charge on any atom is 0.0601 e. The van der Waals surface area contributed by atoms with Gasteiger partial charge in [0.2, 0.25) is 0 Å². The quantitative estimate of drug-likeness (QED) is 0.162. The maximum atomic E-state index is 3.56. The van der Waals surface area contributed by atoms with Crippen LogP contribution in [0.4, 0.5) is 17.1 Å². The average Bonchev–Trinajstić information content (AvgIpc) is 3.16. The minimum absolute atomic E-state index is 1.08. The van der Waals surface area contributed by atoms with Gasteiger partial charge in [0.1, 0.15) is 0 Å². The molecule has 10 rings (SSSR count). The summed E-state index contributed by atoms with van der Waals surface area (Å²) in [7, 11) is 0. The maximum absolute atomic E-state index is 3.56. The van der Waals surface area contributed by atoms with Gasteiger partial charge in [0.25, 0.3) is 0 Å². The first-order chi connectivity index (χ1) is 25.0. The summed E-state index contributed by atoms with van der Waals surface area (Å²) >= 11 is 14.2. The van der Waals surface area contributed by atoms with E-state index in [2.05, 4.69) is 223 Å². The van der Waals surface area contributed by atoms with Gasteiger partial charge in [-0.3, -0.25) is 0 Å². The van der Waals surface area contributed by atoms with Crippen molar-refractivity contribution < 1.29 is 0 Å². The van der Waals surface area contributed by atoms with Gasteiger partial charge in [-0.05, 0) is 124 Å². The minimum atomic E-state index is 1.08. The van der Waals surface area contributed by atoms with E-state index in [1.54, 1.807) is 0 Å². The largest absolute Gasteiger partial charge is 0.308 e. The van der Waals surface area contributed by atoms with Gasteiger partial charge in [-0.1, -0.05) is 156 Å². The van der Waals surface area contributed by atoms with Crippen molar-refractivity contribution in [1.82, 2.24) is 0 Å². The SMILES string of the molecule is Brc1ccc2cc(Br)ccc2c1.Brc1ccc2cc(N3c4ccccc4Sc4ccccc43)ccc2c1.c1ccc2c(c1)Cc1ccccc1S2. The summed E-state index contributed by atoms with van der Waals surface area (Å²) in [5.74, 6) is 0. The fraction of sp³-hybridized carbons (Fsp3) is 0.0222. The molecule has 8 aromatic carbocycles. The Morgan fingerprint density at radius 3 is 1.24 bits per heavy atom. The molecule has 0 amide bonds. The summed E-state index contributed by atoms with van der Waals surface area (Å²) in [5, 5.41) is 5.00. The smallest absolute Gasteiger partial charge is 0.0601 e. The molecular weight excluding hydrogens is 858 g/mol. The minimum Gasteiger partial charge on any atom is -0.308 e. The second-order valence-electron chi connectivity index (χ2n) is 12.2. The van der Waals surface area contributed by atoms with Crippen molar-refractivity contribution in [2.45, 2.75) is 26.0 Å². The molecule has 51 heavy (non-hydrogen) atoms. The zero-order chi connectivity index (χ0) is 34.7. The Kier molecular flexibility index (Phi) is 10.4. The van der Waals surface area contributed by atoms with Crippen LogP contribution in [0.15, 0.2) is 203 Å². The molecule has 0 bridgehead atoms. The van der Waals surface area contributed by atoms with Crippen molar-refractivity contribution in [3.63, 3.8) is 0 Å². The number of hydrogen-bond donors (Lipinski definition) is 0. The Labute approximate surface area is 332 Å². The first kappa shape index (κ1) is 34.3. The Bertz CT molecular complexity index is 2360. The van der Waals surface area contributed by atoms with Crippen LogP contribution in [0, 0.1) is 0 Å². The normalized spacial score (nSPS) is 12.3. The second-order valence-corrected chi connectivity index (χ2v) is 17.1. The van der Waals surface area contributed by atoms with E-state index in [1.807, 2.05) is 23.5 Å². The van der Waals surface area contributed by atoms with E-state index >= 15 is 0 Å². The molecule has 0 saturated carbocycles. The van der Waals surface area contributed by atoms with E-state index in [4.69, 9.17) is 0 Å². The van der Waals surface area contributed by atoms with E-state index in [0.717, 1.165) is 19.8 Å². The Morgan fingerprint density at radius 2 is 0.745 bits per heavy atom. The highest BCUT2D eigenvalue weighted by molar-refractivity contribution is 9.11. The number of fused-ring (bicyclic) bond motifs is 6. The van der Waals surface area contributed by atoms with Crippen LogP contribution in [0.2, 0.25) is 0 Å². The summed E-state index contributed by atoms with van der Waals surface area (Å²) in [4.78, 5) is 7.76. The zero-order valence-electron chi connectivity index (χ0n) is 27.3. The summed E-state index contributed by atoms with van der Waals surface area (Å²) in [6.07, 6.45) is 1.08. The third-order valence-corrected chi connectivity index (χ3v) is 12.6. The molecule has 2 aliphatic heterocycles. The molecule has 0 aromatic heterocycles. The Hall–Kier alpha value is -3.78. The van der Waals surface area contributed by atoms with Gasteiger partial charge in [0.05, 0.1) is 11.4 Å². The first-order valence-corrected chi connectivity index (χ1v) is 20.5. The van der Waals surface area contributed by atoms with Gasteiger partial charge in [-0.15, -0.1) is 0 Å². The zero-order valence-corrected chi connectivity index (χ0v) is 33.7. The van der Waals surface area contributed by atoms with Crippen LogP contribution in [-0.4, -0.2) is 0 Å². The van der Waals surface area contributed by atoms with Gasteiger partial charge in [0, 0.05) is 38.7 Å². The first-order valence-electron chi connectivity index (χ1n) is 16.5. The third-order valence-electron chi connectivity index (χ3n) is 8.79. The van der Waals surface area contributed by atoms with Crippen molar-refractivity contribution in [3.8, 4) is 0 Å². The predicted molar refractivity (Wildman–Crippen MR) is 230 cm³/mol. The molecule has 248 valence electrons. The molecule has 0 N–H and O–H groups in total. The standard InChI is InChI=1S/C22H14BrNS.C13H10S.C10H6Br2/c23-17-11-9-16-14-18(12-10-15(16)13-17)24-19-5-1-3-7-21(19)25-22-8-4-2-6-20(22)24;1-3-7-12-10(5-1)9-11-6-2-4-8-13(11)14-12;11-9-3-1-7-5-10(12)4-2-8(7)6-9/h1-14H;1-8H,9H2;1-6H. The van der Waals surface area contributed by atoms with Crippen LogP contribution in [0.1, 0.15) is 11.1 Å². The van der Waals surface area contributed by atoms with E-state index in [1.165, 1.54) is 69.3 Å². The summed E-state index contributed by atoms with van der Waals surface area (Å²) < 4.78 is 3.35. The molecule has 1 nitrogen and oxygen atoms in total. The summed E-state index contributed by atoms with van der Waals surface area (Å²) in [5.41, 5.74) is 6.58. The van der Waals surface area contributed by atoms with Crippen molar-refractivity contribution in [1.29, 1.82) is 0 Å². The number of anilines is 3.